The van der Waals surface area contributed by atoms with Crippen LogP contribution in [0.3, 0.4) is 0 Å². The molecule has 2 amide bonds. The highest BCUT2D eigenvalue weighted by Gasteiger charge is 2.25. The first-order valence-electron chi connectivity index (χ1n) is 7.82. The Hall–Kier alpha value is -0.860. The van der Waals surface area contributed by atoms with E-state index in [1.807, 2.05) is 0 Å². The van der Waals surface area contributed by atoms with Gasteiger partial charge in [-0.2, -0.15) is 0 Å². The van der Waals surface area contributed by atoms with Crippen LogP contribution in [0.25, 0.3) is 0 Å². The Morgan fingerprint density at radius 2 is 1.77 bits per heavy atom. The van der Waals surface area contributed by atoms with Crippen LogP contribution in [-0.2, 0) is 9.59 Å². The van der Waals surface area contributed by atoms with Gasteiger partial charge in [-0.15, -0.1) is 24.0 Å². The quantitative estimate of drug-likeness (QED) is 0.215. The highest BCUT2D eigenvalue weighted by atomic mass is 127. The number of likely N-dealkylation sites (tertiary alicyclic amines) is 1. The van der Waals surface area contributed by atoms with Crippen molar-refractivity contribution in [3.05, 3.63) is 0 Å². The molecular weight excluding hydrogens is 395 g/mol. The number of carbonyl (C=O) groups is 2. The Labute approximate surface area is 150 Å². The molecule has 6 nitrogen and oxygen atoms in total. The highest BCUT2D eigenvalue weighted by Crippen LogP contribution is 2.11. The first-order chi connectivity index (χ1) is 10.0. The minimum Gasteiger partial charge on any atom is -0.356 e. The average Bonchev–Trinajstić information content (AvgIpc) is 2.44. The third-order valence-corrected chi connectivity index (χ3v) is 3.49. The normalized spacial score (nSPS) is 15.8. The van der Waals surface area contributed by atoms with E-state index < -0.39 is 0 Å². The van der Waals surface area contributed by atoms with E-state index in [4.69, 9.17) is 0 Å². The number of hydrogen-bond acceptors (Lipinski definition) is 3. The van der Waals surface area contributed by atoms with Crippen molar-refractivity contribution in [1.82, 2.24) is 15.5 Å². The molecule has 1 aliphatic heterocycles. The summed E-state index contributed by atoms with van der Waals surface area (Å²) >= 11 is 0. The van der Waals surface area contributed by atoms with Gasteiger partial charge in [0, 0.05) is 39.5 Å². The van der Waals surface area contributed by atoms with E-state index in [9.17, 15) is 9.59 Å². The Kier molecular flexibility index (Phi) is 11.2. The summed E-state index contributed by atoms with van der Waals surface area (Å²) < 4.78 is 0. The van der Waals surface area contributed by atoms with Gasteiger partial charge in [0.15, 0.2) is 5.96 Å². The van der Waals surface area contributed by atoms with Crippen molar-refractivity contribution in [3.8, 4) is 0 Å². The number of carbonyl (C=O) groups excluding carboxylic acids is 2. The lowest BCUT2D eigenvalue weighted by atomic mass is 10.1. The summed E-state index contributed by atoms with van der Waals surface area (Å²) in [5.74, 6) is 1.30. The van der Waals surface area contributed by atoms with Crippen LogP contribution in [0.4, 0.5) is 0 Å². The maximum atomic E-state index is 11.7. The summed E-state index contributed by atoms with van der Waals surface area (Å²) in [4.78, 5) is 28.8. The molecule has 128 valence electrons. The molecule has 22 heavy (non-hydrogen) atoms. The molecule has 0 aromatic carbocycles. The number of guanidine groups is 1. The molecule has 0 aliphatic carbocycles. The van der Waals surface area contributed by atoms with Gasteiger partial charge in [-0.25, -0.2) is 0 Å². The standard InChI is InChI=1S/C15H28N4O2.HI/c1-12(2)6-5-9-17-15(16-3)18-10-11-19-13(20)7-4-8-14(19)21;/h12H,4-11H2,1-3H3,(H2,16,17,18);1H. The van der Waals surface area contributed by atoms with Crippen LogP contribution in [0.2, 0.25) is 0 Å². The molecule has 0 radical (unpaired) electrons. The van der Waals surface area contributed by atoms with E-state index in [1.54, 1.807) is 7.05 Å². The zero-order chi connectivity index (χ0) is 15.7. The molecule has 1 fully saturated rings. The molecule has 0 spiro atoms. The zero-order valence-electron chi connectivity index (χ0n) is 13.9. The molecule has 0 atom stereocenters. The smallest absolute Gasteiger partial charge is 0.229 e. The van der Waals surface area contributed by atoms with Crippen molar-refractivity contribution in [3.63, 3.8) is 0 Å². The van der Waals surface area contributed by atoms with Crippen LogP contribution in [0.5, 0.6) is 0 Å². The Bertz CT molecular complexity index is 370. The molecule has 2 N–H and O–H groups in total. The second kappa shape index (κ2) is 11.7. The molecule has 1 rings (SSSR count). The summed E-state index contributed by atoms with van der Waals surface area (Å²) in [5, 5.41) is 6.37. The molecule has 1 heterocycles. The van der Waals surface area contributed by atoms with Crippen molar-refractivity contribution in [1.29, 1.82) is 0 Å². The first-order valence-corrected chi connectivity index (χ1v) is 7.82. The van der Waals surface area contributed by atoms with Crippen LogP contribution >= 0.6 is 24.0 Å². The molecule has 0 bridgehead atoms. The molecule has 1 saturated heterocycles. The van der Waals surface area contributed by atoms with Gasteiger partial charge in [0.05, 0.1) is 0 Å². The Morgan fingerprint density at radius 3 is 2.32 bits per heavy atom. The molecule has 1 aliphatic rings. The van der Waals surface area contributed by atoms with Gasteiger partial charge in [0.2, 0.25) is 11.8 Å². The molecule has 0 aromatic heterocycles. The van der Waals surface area contributed by atoms with E-state index in [2.05, 4.69) is 29.5 Å². The number of halogens is 1. The second-order valence-electron chi connectivity index (χ2n) is 5.75. The number of nitrogens with one attached hydrogen (secondary N) is 2. The number of aliphatic imine (C=N–C) groups is 1. The van der Waals surface area contributed by atoms with Gasteiger partial charge in [0.25, 0.3) is 0 Å². The third-order valence-electron chi connectivity index (χ3n) is 3.49. The van der Waals surface area contributed by atoms with Crippen molar-refractivity contribution in [2.75, 3.05) is 26.7 Å². The number of amides is 2. The predicted molar refractivity (Wildman–Crippen MR) is 99.4 cm³/mol. The van der Waals surface area contributed by atoms with Crippen LogP contribution in [0.1, 0.15) is 46.0 Å². The number of rotatable bonds is 7. The highest BCUT2D eigenvalue weighted by molar-refractivity contribution is 14.0. The lowest BCUT2D eigenvalue weighted by molar-refractivity contribution is -0.147. The van der Waals surface area contributed by atoms with E-state index in [0.717, 1.165) is 18.9 Å². The van der Waals surface area contributed by atoms with E-state index in [-0.39, 0.29) is 35.8 Å². The van der Waals surface area contributed by atoms with Crippen molar-refractivity contribution < 1.29 is 9.59 Å². The number of nitrogens with zero attached hydrogens (tertiary/aromatic N) is 2. The van der Waals surface area contributed by atoms with Gasteiger partial charge in [-0.05, 0) is 25.2 Å². The fourth-order valence-corrected chi connectivity index (χ4v) is 2.27. The summed E-state index contributed by atoms with van der Waals surface area (Å²) in [6, 6.07) is 0. The van der Waals surface area contributed by atoms with Crippen LogP contribution in [-0.4, -0.2) is 49.4 Å². The topological polar surface area (TPSA) is 73.8 Å². The van der Waals surface area contributed by atoms with Crippen molar-refractivity contribution >= 4 is 41.8 Å². The van der Waals surface area contributed by atoms with Crippen LogP contribution in [0.15, 0.2) is 4.99 Å². The molecule has 0 unspecified atom stereocenters. The minimum absolute atomic E-state index is 0. The van der Waals surface area contributed by atoms with E-state index >= 15 is 0 Å². The lowest BCUT2D eigenvalue weighted by Gasteiger charge is -2.25. The van der Waals surface area contributed by atoms with Crippen molar-refractivity contribution in [2.24, 2.45) is 10.9 Å². The maximum Gasteiger partial charge on any atom is 0.229 e. The largest absolute Gasteiger partial charge is 0.356 e. The zero-order valence-corrected chi connectivity index (χ0v) is 16.2. The van der Waals surface area contributed by atoms with Gasteiger partial charge in [-0.3, -0.25) is 19.5 Å². The number of piperidine rings is 1. The molecule has 7 heteroatoms. The van der Waals surface area contributed by atoms with Crippen molar-refractivity contribution in [2.45, 2.75) is 46.0 Å². The monoisotopic (exact) mass is 424 g/mol. The fraction of sp³-hybridized carbons (Fsp3) is 0.800. The van der Waals surface area contributed by atoms with E-state index in [0.29, 0.717) is 38.3 Å². The number of hydrogen-bond donors (Lipinski definition) is 2. The van der Waals surface area contributed by atoms with Gasteiger partial charge < -0.3 is 10.6 Å². The summed E-state index contributed by atoms with van der Waals surface area (Å²) in [5.41, 5.74) is 0. The first kappa shape index (κ1) is 21.1. The average molecular weight is 424 g/mol. The second-order valence-corrected chi connectivity index (χ2v) is 5.75. The summed E-state index contributed by atoms with van der Waals surface area (Å²) in [7, 11) is 1.72. The van der Waals surface area contributed by atoms with E-state index in [1.165, 1.54) is 11.3 Å². The van der Waals surface area contributed by atoms with Gasteiger partial charge >= 0.3 is 0 Å². The molecular formula is C15H29IN4O2. The van der Waals surface area contributed by atoms with Crippen LogP contribution < -0.4 is 10.6 Å². The third kappa shape index (κ3) is 7.95. The maximum absolute atomic E-state index is 11.7. The SMILES string of the molecule is CN=C(NCCCC(C)C)NCCN1C(=O)CCCC1=O.I. The lowest BCUT2D eigenvalue weighted by Crippen LogP contribution is -2.46. The Balaban J connectivity index is 0.00000441. The van der Waals surface area contributed by atoms with Gasteiger partial charge in [-0.1, -0.05) is 13.8 Å². The molecule has 0 aromatic rings. The summed E-state index contributed by atoms with van der Waals surface area (Å²) in [6.07, 6.45) is 3.92. The van der Waals surface area contributed by atoms with Gasteiger partial charge in [0.1, 0.15) is 0 Å². The number of imide groups is 1. The predicted octanol–water partition coefficient (Wildman–Crippen LogP) is 1.74. The van der Waals surface area contributed by atoms with Crippen LogP contribution in [0, 0.1) is 5.92 Å². The molecule has 0 saturated carbocycles. The summed E-state index contributed by atoms with van der Waals surface area (Å²) in [6.45, 7) is 6.23. The fourth-order valence-electron chi connectivity index (χ4n) is 2.27. The Morgan fingerprint density at radius 1 is 1.18 bits per heavy atom. The minimum atomic E-state index is -0.0621.